The third-order valence-corrected chi connectivity index (χ3v) is 6.82. The number of aromatic nitrogens is 3. The van der Waals surface area contributed by atoms with Crippen molar-refractivity contribution in [1.82, 2.24) is 25.6 Å². The SMILES string of the molecule is CNC(=O)NC1CCC(c2cnc(OC3CCOCC3)c3cnc(C[C@@H](C)COC)nc23)CC1. The van der Waals surface area contributed by atoms with Gasteiger partial charge in [0.25, 0.3) is 0 Å². The van der Waals surface area contributed by atoms with Crippen LogP contribution in [0.15, 0.2) is 12.4 Å². The van der Waals surface area contributed by atoms with Crippen molar-refractivity contribution in [2.24, 2.45) is 5.92 Å². The van der Waals surface area contributed by atoms with E-state index in [1.54, 1.807) is 14.2 Å². The van der Waals surface area contributed by atoms with E-state index in [4.69, 9.17) is 24.2 Å². The normalized spacial score (nSPS) is 22.3. The lowest BCUT2D eigenvalue weighted by Crippen LogP contribution is -2.42. The second-order valence-electron chi connectivity index (χ2n) is 9.53. The molecule has 0 aromatic carbocycles. The van der Waals surface area contributed by atoms with Crippen molar-refractivity contribution in [1.29, 1.82) is 0 Å². The molecular formula is C25H37N5O4. The van der Waals surface area contributed by atoms with Crippen molar-refractivity contribution in [3.05, 3.63) is 23.8 Å². The summed E-state index contributed by atoms with van der Waals surface area (Å²) < 4.78 is 17.1. The number of ether oxygens (including phenoxy) is 3. The summed E-state index contributed by atoms with van der Waals surface area (Å²) in [4.78, 5) is 26.1. The van der Waals surface area contributed by atoms with Gasteiger partial charge < -0.3 is 24.8 Å². The molecule has 1 saturated heterocycles. The zero-order valence-electron chi connectivity index (χ0n) is 20.5. The molecule has 0 spiro atoms. The maximum Gasteiger partial charge on any atom is 0.314 e. The monoisotopic (exact) mass is 471 g/mol. The number of urea groups is 1. The molecule has 2 fully saturated rings. The molecule has 2 aromatic heterocycles. The number of carbonyl (C=O) groups excluding carboxylic acids is 1. The van der Waals surface area contributed by atoms with E-state index in [1.807, 2.05) is 12.4 Å². The van der Waals surface area contributed by atoms with Crippen LogP contribution in [0, 0.1) is 5.92 Å². The summed E-state index contributed by atoms with van der Waals surface area (Å²) in [6.07, 6.45) is 10.2. The predicted octanol–water partition coefficient (Wildman–Crippen LogP) is 3.36. The predicted molar refractivity (Wildman–Crippen MR) is 129 cm³/mol. The van der Waals surface area contributed by atoms with Crippen LogP contribution in [0.4, 0.5) is 4.79 Å². The zero-order chi connectivity index (χ0) is 23.9. The molecular weight excluding hydrogens is 434 g/mol. The highest BCUT2D eigenvalue weighted by Crippen LogP contribution is 2.38. The van der Waals surface area contributed by atoms with Crippen LogP contribution in [0.1, 0.15) is 62.8 Å². The number of carbonyl (C=O) groups is 1. The molecule has 0 unspecified atom stereocenters. The molecule has 186 valence electrons. The van der Waals surface area contributed by atoms with E-state index in [0.717, 1.165) is 67.2 Å². The van der Waals surface area contributed by atoms with Crippen molar-refractivity contribution >= 4 is 16.9 Å². The Morgan fingerprint density at radius 1 is 1.15 bits per heavy atom. The van der Waals surface area contributed by atoms with E-state index in [1.165, 1.54) is 0 Å². The zero-order valence-corrected chi connectivity index (χ0v) is 20.5. The molecule has 9 heteroatoms. The van der Waals surface area contributed by atoms with Gasteiger partial charge in [-0.25, -0.2) is 19.7 Å². The average molecular weight is 472 g/mol. The molecule has 0 radical (unpaired) electrons. The van der Waals surface area contributed by atoms with Gasteiger partial charge in [0.1, 0.15) is 11.9 Å². The highest BCUT2D eigenvalue weighted by Gasteiger charge is 2.27. The van der Waals surface area contributed by atoms with Crippen molar-refractivity contribution in [2.45, 2.75) is 69.9 Å². The number of nitrogens with zero attached hydrogens (tertiary/aromatic N) is 3. The van der Waals surface area contributed by atoms with E-state index in [2.05, 4.69) is 22.5 Å². The molecule has 2 aromatic rings. The van der Waals surface area contributed by atoms with Gasteiger partial charge in [-0.2, -0.15) is 0 Å². The first-order valence-electron chi connectivity index (χ1n) is 12.4. The highest BCUT2D eigenvalue weighted by molar-refractivity contribution is 5.85. The highest BCUT2D eigenvalue weighted by atomic mass is 16.5. The molecule has 3 heterocycles. The lowest BCUT2D eigenvalue weighted by Gasteiger charge is -2.30. The van der Waals surface area contributed by atoms with Crippen LogP contribution < -0.4 is 15.4 Å². The minimum atomic E-state index is -0.118. The van der Waals surface area contributed by atoms with Crippen LogP contribution in [0.5, 0.6) is 5.88 Å². The molecule has 1 aliphatic carbocycles. The number of hydrogen-bond acceptors (Lipinski definition) is 7. The third-order valence-electron chi connectivity index (χ3n) is 6.82. The van der Waals surface area contributed by atoms with Crippen LogP contribution in [0.25, 0.3) is 10.9 Å². The molecule has 1 aliphatic heterocycles. The van der Waals surface area contributed by atoms with E-state index in [-0.39, 0.29) is 18.2 Å². The fourth-order valence-electron chi connectivity index (χ4n) is 4.96. The molecule has 4 rings (SSSR count). The molecule has 1 saturated carbocycles. The van der Waals surface area contributed by atoms with Crippen molar-refractivity contribution in [3.63, 3.8) is 0 Å². The smallest absolute Gasteiger partial charge is 0.314 e. The summed E-state index contributed by atoms with van der Waals surface area (Å²) in [7, 11) is 3.37. The number of amides is 2. The maximum atomic E-state index is 11.7. The number of fused-ring (bicyclic) bond motifs is 1. The Kier molecular flexibility index (Phi) is 8.50. The van der Waals surface area contributed by atoms with Gasteiger partial charge in [0.15, 0.2) is 0 Å². The summed E-state index contributed by atoms with van der Waals surface area (Å²) in [6, 6.07) is 0.0828. The molecule has 1 atom stereocenters. The fraction of sp³-hybridized carbons (Fsp3) is 0.680. The Labute approximate surface area is 201 Å². The lowest BCUT2D eigenvalue weighted by atomic mass is 9.81. The largest absolute Gasteiger partial charge is 0.474 e. The standard InChI is InChI=1S/C25H37N5O4/c1-16(15-32-3)12-22-27-14-21-23(30-22)20(13-28-24(21)34-19-8-10-33-11-9-19)17-4-6-18(7-5-17)29-25(31)26-2/h13-14,16-19H,4-12,15H2,1-3H3,(H2,26,29,31)/t16-,17?,18?/m1/s1. The Hall–Kier alpha value is -2.52. The van der Waals surface area contributed by atoms with E-state index in [9.17, 15) is 4.79 Å². The number of rotatable bonds is 8. The maximum absolute atomic E-state index is 11.7. The Morgan fingerprint density at radius 2 is 1.91 bits per heavy atom. The topological polar surface area (TPSA) is 107 Å². The van der Waals surface area contributed by atoms with Crippen molar-refractivity contribution < 1.29 is 19.0 Å². The molecule has 9 nitrogen and oxygen atoms in total. The molecule has 2 amide bonds. The average Bonchev–Trinajstić information content (AvgIpc) is 2.85. The molecule has 2 aliphatic rings. The van der Waals surface area contributed by atoms with Gasteiger partial charge in [0, 0.05) is 64.0 Å². The molecule has 0 bridgehead atoms. The van der Waals surface area contributed by atoms with Gasteiger partial charge in [-0.15, -0.1) is 0 Å². The van der Waals surface area contributed by atoms with Gasteiger partial charge in [-0.1, -0.05) is 6.92 Å². The quantitative estimate of drug-likeness (QED) is 0.608. The van der Waals surface area contributed by atoms with E-state index < -0.39 is 0 Å². The minimum absolute atomic E-state index is 0.0999. The third kappa shape index (κ3) is 6.13. The first-order chi connectivity index (χ1) is 16.6. The second-order valence-corrected chi connectivity index (χ2v) is 9.53. The van der Waals surface area contributed by atoms with Gasteiger partial charge in [0.2, 0.25) is 5.88 Å². The number of nitrogens with one attached hydrogen (secondary N) is 2. The molecule has 34 heavy (non-hydrogen) atoms. The summed E-state index contributed by atoms with van der Waals surface area (Å²) >= 11 is 0. The first-order valence-corrected chi connectivity index (χ1v) is 12.4. The summed E-state index contributed by atoms with van der Waals surface area (Å²) in [5.41, 5.74) is 2.09. The van der Waals surface area contributed by atoms with Crippen molar-refractivity contribution in [3.8, 4) is 5.88 Å². The Bertz CT molecular complexity index is 958. The fourth-order valence-corrected chi connectivity index (χ4v) is 4.96. The Balaban J connectivity index is 1.59. The summed E-state index contributed by atoms with van der Waals surface area (Å²) in [6.45, 7) is 4.24. The van der Waals surface area contributed by atoms with Crippen LogP contribution in [-0.4, -0.2) is 67.1 Å². The lowest BCUT2D eigenvalue weighted by molar-refractivity contribution is 0.0244. The van der Waals surface area contributed by atoms with Gasteiger partial charge >= 0.3 is 6.03 Å². The number of pyridine rings is 1. The number of hydrogen-bond donors (Lipinski definition) is 2. The number of methoxy groups -OCH3 is 1. The Morgan fingerprint density at radius 3 is 2.62 bits per heavy atom. The second kappa shape index (κ2) is 11.8. The van der Waals surface area contributed by atoms with Crippen LogP contribution in [0.2, 0.25) is 0 Å². The summed E-state index contributed by atoms with van der Waals surface area (Å²) in [5, 5.41) is 6.56. The van der Waals surface area contributed by atoms with Crippen LogP contribution in [0.3, 0.4) is 0 Å². The van der Waals surface area contributed by atoms with Crippen LogP contribution >= 0.6 is 0 Å². The summed E-state index contributed by atoms with van der Waals surface area (Å²) in [5.74, 6) is 2.10. The minimum Gasteiger partial charge on any atom is -0.474 e. The first kappa shape index (κ1) is 24.6. The van der Waals surface area contributed by atoms with Gasteiger partial charge in [-0.05, 0) is 37.5 Å². The van der Waals surface area contributed by atoms with E-state index in [0.29, 0.717) is 37.5 Å². The van der Waals surface area contributed by atoms with E-state index >= 15 is 0 Å². The van der Waals surface area contributed by atoms with Crippen LogP contribution in [-0.2, 0) is 15.9 Å². The van der Waals surface area contributed by atoms with Crippen molar-refractivity contribution in [2.75, 3.05) is 34.0 Å². The van der Waals surface area contributed by atoms with Gasteiger partial charge in [-0.3, -0.25) is 0 Å². The van der Waals surface area contributed by atoms with Gasteiger partial charge in [0.05, 0.1) is 24.1 Å². The molecule has 2 N–H and O–H groups in total.